The summed E-state index contributed by atoms with van der Waals surface area (Å²) in [6, 6.07) is 7.39. The van der Waals surface area contributed by atoms with Crippen molar-refractivity contribution in [1.82, 2.24) is 20.1 Å². The summed E-state index contributed by atoms with van der Waals surface area (Å²) >= 11 is 1.62. The molecule has 0 saturated heterocycles. The van der Waals surface area contributed by atoms with Gasteiger partial charge in [-0.3, -0.25) is 4.79 Å². The molecule has 0 unspecified atom stereocenters. The highest BCUT2D eigenvalue weighted by Crippen LogP contribution is 2.16. The second kappa shape index (κ2) is 9.46. The lowest BCUT2D eigenvalue weighted by Crippen LogP contribution is -2.26. The molecule has 0 bridgehead atoms. The van der Waals surface area contributed by atoms with Crippen molar-refractivity contribution in [2.24, 2.45) is 5.92 Å². The molecule has 1 heterocycles. The van der Waals surface area contributed by atoms with E-state index in [1.54, 1.807) is 11.8 Å². The number of amides is 1. The molecule has 136 valence electrons. The second-order valence-corrected chi connectivity index (χ2v) is 7.25. The molecule has 0 aliphatic rings. The number of aryl methyl sites for hydroxylation is 1. The van der Waals surface area contributed by atoms with Gasteiger partial charge >= 0.3 is 0 Å². The molecule has 1 aromatic heterocycles. The van der Waals surface area contributed by atoms with Crippen LogP contribution in [-0.4, -0.2) is 33.5 Å². The number of aromatic nitrogens is 3. The number of benzene rings is 1. The minimum Gasteiger partial charge on any atom is -0.399 e. The van der Waals surface area contributed by atoms with Gasteiger partial charge in [-0.15, -0.1) is 10.2 Å². The lowest BCUT2D eigenvalue weighted by Gasteiger charge is -2.11. The Morgan fingerprint density at radius 2 is 2.00 bits per heavy atom. The number of hydrogen-bond donors (Lipinski definition) is 2. The van der Waals surface area contributed by atoms with Crippen LogP contribution in [0.5, 0.6) is 0 Å². The number of nitrogen functional groups attached to an aromatic ring is 1. The fourth-order valence-electron chi connectivity index (χ4n) is 2.56. The highest BCUT2D eigenvalue weighted by atomic mass is 32.2. The maximum atomic E-state index is 12.0. The third-order valence-electron chi connectivity index (χ3n) is 3.77. The number of carbonyl (C=O) groups is 1. The topological polar surface area (TPSA) is 85.8 Å². The zero-order valence-electron chi connectivity index (χ0n) is 15.2. The SMILES string of the molecule is CSc1nnc(CCCNC(=O)Cc2ccc(N)cc2)n1CC(C)C. The summed E-state index contributed by atoms with van der Waals surface area (Å²) in [5, 5.41) is 12.5. The maximum absolute atomic E-state index is 12.0. The first-order valence-electron chi connectivity index (χ1n) is 8.56. The third-order valence-corrected chi connectivity index (χ3v) is 4.43. The van der Waals surface area contributed by atoms with Crippen LogP contribution in [-0.2, 0) is 24.2 Å². The van der Waals surface area contributed by atoms with Crippen LogP contribution in [0, 0.1) is 5.92 Å². The number of nitrogens with two attached hydrogens (primary N) is 1. The second-order valence-electron chi connectivity index (χ2n) is 6.48. The summed E-state index contributed by atoms with van der Waals surface area (Å²) < 4.78 is 2.19. The molecular formula is C18H27N5OS. The van der Waals surface area contributed by atoms with E-state index in [2.05, 4.69) is 33.9 Å². The van der Waals surface area contributed by atoms with Crippen LogP contribution >= 0.6 is 11.8 Å². The van der Waals surface area contributed by atoms with Crippen molar-refractivity contribution in [1.29, 1.82) is 0 Å². The van der Waals surface area contributed by atoms with Crippen molar-refractivity contribution < 1.29 is 4.79 Å². The summed E-state index contributed by atoms with van der Waals surface area (Å²) in [7, 11) is 0. The Hall–Kier alpha value is -2.02. The minimum atomic E-state index is 0.0261. The Balaban J connectivity index is 1.78. The molecule has 0 aliphatic heterocycles. The van der Waals surface area contributed by atoms with Gasteiger partial charge in [-0.25, -0.2) is 0 Å². The van der Waals surface area contributed by atoms with Gasteiger partial charge in [-0.1, -0.05) is 37.7 Å². The van der Waals surface area contributed by atoms with E-state index < -0.39 is 0 Å². The first-order valence-corrected chi connectivity index (χ1v) is 9.79. The van der Waals surface area contributed by atoms with Crippen LogP contribution in [0.1, 0.15) is 31.7 Å². The molecule has 0 spiro atoms. The number of rotatable bonds is 9. The Kier molecular flexibility index (Phi) is 7.31. The molecular weight excluding hydrogens is 334 g/mol. The molecule has 0 saturated carbocycles. The number of thioether (sulfide) groups is 1. The van der Waals surface area contributed by atoms with Crippen molar-refractivity contribution in [3.8, 4) is 0 Å². The largest absolute Gasteiger partial charge is 0.399 e. The van der Waals surface area contributed by atoms with Crippen LogP contribution in [0.4, 0.5) is 5.69 Å². The molecule has 0 aliphatic carbocycles. The van der Waals surface area contributed by atoms with E-state index in [1.165, 1.54) is 0 Å². The molecule has 6 nitrogen and oxygen atoms in total. The fourth-order valence-corrected chi connectivity index (χ4v) is 3.08. The van der Waals surface area contributed by atoms with E-state index in [0.29, 0.717) is 24.6 Å². The van der Waals surface area contributed by atoms with Gasteiger partial charge in [0.2, 0.25) is 5.91 Å². The zero-order valence-corrected chi connectivity index (χ0v) is 16.0. The first-order chi connectivity index (χ1) is 12.0. The van der Waals surface area contributed by atoms with Crippen LogP contribution in [0.15, 0.2) is 29.4 Å². The predicted octanol–water partition coefficient (Wildman–Crippen LogP) is 2.53. The van der Waals surface area contributed by atoms with Crippen molar-refractivity contribution in [3.05, 3.63) is 35.7 Å². The van der Waals surface area contributed by atoms with Gasteiger partial charge in [0.05, 0.1) is 6.42 Å². The maximum Gasteiger partial charge on any atom is 0.224 e. The van der Waals surface area contributed by atoms with E-state index >= 15 is 0 Å². The average molecular weight is 362 g/mol. The highest BCUT2D eigenvalue weighted by molar-refractivity contribution is 7.98. The predicted molar refractivity (Wildman–Crippen MR) is 103 cm³/mol. The van der Waals surface area contributed by atoms with Gasteiger partial charge in [-0.2, -0.15) is 0 Å². The number of hydrogen-bond acceptors (Lipinski definition) is 5. The fraction of sp³-hybridized carbons (Fsp3) is 0.500. The van der Waals surface area contributed by atoms with E-state index in [4.69, 9.17) is 5.73 Å². The number of nitrogens with zero attached hydrogens (tertiary/aromatic N) is 3. The molecule has 2 rings (SSSR count). The number of nitrogens with one attached hydrogen (secondary N) is 1. The summed E-state index contributed by atoms with van der Waals surface area (Å²) in [6.45, 7) is 5.93. The van der Waals surface area contributed by atoms with Crippen molar-refractivity contribution >= 4 is 23.4 Å². The average Bonchev–Trinajstić information content (AvgIpc) is 2.95. The number of carbonyl (C=O) groups excluding carboxylic acids is 1. The van der Waals surface area contributed by atoms with Crippen LogP contribution in [0.2, 0.25) is 0 Å². The normalized spacial score (nSPS) is 11.0. The molecule has 0 radical (unpaired) electrons. The lowest BCUT2D eigenvalue weighted by atomic mass is 10.1. The molecule has 25 heavy (non-hydrogen) atoms. The summed E-state index contributed by atoms with van der Waals surface area (Å²) in [4.78, 5) is 12.0. The molecule has 3 N–H and O–H groups in total. The van der Waals surface area contributed by atoms with Gasteiger partial charge in [0.15, 0.2) is 5.16 Å². The Bertz CT molecular complexity index is 681. The van der Waals surface area contributed by atoms with Gasteiger partial charge in [-0.05, 0) is 36.3 Å². The quantitative estimate of drug-likeness (QED) is 0.407. The molecule has 7 heteroatoms. The summed E-state index contributed by atoms with van der Waals surface area (Å²) in [5.41, 5.74) is 7.32. The van der Waals surface area contributed by atoms with E-state index in [0.717, 1.165) is 35.9 Å². The Morgan fingerprint density at radius 3 is 2.64 bits per heavy atom. The molecule has 1 aromatic carbocycles. The zero-order chi connectivity index (χ0) is 18.2. The highest BCUT2D eigenvalue weighted by Gasteiger charge is 2.12. The molecule has 0 atom stereocenters. The standard InChI is InChI=1S/C18H27N5OS/c1-13(2)12-23-16(21-22-18(23)25-3)5-4-10-20-17(24)11-14-6-8-15(19)9-7-14/h6-9,13H,4-5,10-12,19H2,1-3H3,(H,20,24). The van der Waals surface area contributed by atoms with Crippen molar-refractivity contribution in [2.75, 3.05) is 18.5 Å². The Morgan fingerprint density at radius 1 is 1.28 bits per heavy atom. The first kappa shape index (κ1) is 19.3. The van der Waals surface area contributed by atoms with Crippen LogP contribution < -0.4 is 11.1 Å². The molecule has 1 amide bonds. The van der Waals surface area contributed by atoms with Gasteiger partial charge in [0, 0.05) is 25.2 Å². The summed E-state index contributed by atoms with van der Waals surface area (Å²) in [6.07, 6.45) is 4.04. The van der Waals surface area contributed by atoms with Crippen molar-refractivity contribution in [2.45, 2.75) is 44.8 Å². The smallest absolute Gasteiger partial charge is 0.224 e. The monoisotopic (exact) mass is 361 g/mol. The van der Waals surface area contributed by atoms with Crippen molar-refractivity contribution in [3.63, 3.8) is 0 Å². The summed E-state index contributed by atoms with van der Waals surface area (Å²) in [5.74, 6) is 1.56. The van der Waals surface area contributed by atoms with E-state index in [1.807, 2.05) is 30.5 Å². The minimum absolute atomic E-state index is 0.0261. The van der Waals surface area contributed by atoms with Crippen LogP contribution in [0.3, 0.4) is 0 Å². The molecule has 0 fully saturated rings. The lowest BCUT2D eigenvalue weighted by molar-refractivity contribution is -0.120. The van der Waals surface area contributed by atoms with E-state index in [9.17, 15) is 4.79 Å². The van der Waals surface area contributed by atoms with Gasteiger partial charge in [0.1, 0.15) is 5.82 Å². The Labute approximate surface area is 153 Å². The third kappa shape index (κ3) is 6.08. The van der Waals surface area contributed by atoms with E-state index in [-0.39, 0.29) is 5.91 Å². The van der Waals surface area contributed by atoms with Gasteiger partial charge < -0.3 is 15.6 Å². The van der Waals surface area contributed by atoms with Crippen LogP contribution in [0.25, 0.3) is 0 Å². The molecule has 2 aromatic rings. The van der Waals surface area contributed by atoms with Gasteiger partial charge in [0.25, 0.3) is 0 Å². The number of anilines is 1.